The summed E-state index contributed by atoms with van der Waals surface area (Å²) < 4.78 is 4.99. The summed E-state index contributed by atoms with van der Waals surface area (Å²) in [4.78, 5) is 15.9. The van der Waals surface area contributed by atoms with Crippen LogP contribution in [0.25, 0.3) is 0 Å². The second-order valence-corrected chi connectivity index (χ2v) is 4.87. The lowest BCUT2D eigenvalue weighted by molar-refractivity contribution is -0.137. The topological polar surface area (TPSA) is 59.4 Å². The molecule has 0 bridgehead atoms. The number of pyridine rings is 1. The van der Waals surface area contributed by atoms with E-state index >= 15 is 0 Å². The highest BCUT2D eigenvalue weighted by Gasteiger charge is 2.22. The van der Waals surface area contributed by atoms with Gasteiger partial charge in [-0.1, -0.05) is 13.8 Å². The number of ether oxygens (including phenoxy) is 1. The van der Waals surface area contributed by atoms with E-state index in [0.29, 0.717) is 5.88 Å². The molecule has 1 heterocycles. The van der Waals surface area contributed by atoms with Crippen molar-refractivity contribution in [2.24, 2.45) is 5.92 Å². The minimum Gasteiger partial charge on any atom is -0.481 e. The molecule has 0 aliphatic heterocycles. The van der Waals surface area contributed by atoms with E-state index in [1.165, 1.54) is 18.9 Å². The van der Waals surface area contributed by atoms with Crippen molar-refractivity contribution >= 4 is 17.7 Å². The molecule has 16 heavy (non-hydrogen) atoms. The standard InChI is InChI=1S/C11H15NO3S/c1-7(2)10(11(13)14)16-8-4-5-12-9(6-8)15-3/h4-7,10H,1-3H3,(H,13,14). The third-order valence-corrected chi connectivity index (χ3v) is 3.55. The van der Waals surface area contributed by atoms with E-state index in [1.807, 2.05) is 13.8 Å². The molecule has 5 heteroatoms. The molecule has 0 aliphatic carbocycles. The summed E-state index contributed by atoms with van der Waals surface area (Å²) in [5, 5.41) is 8.61. The minimum absolute atomic E-state index is 0.0710. The van der Waals surface area contributed by atoms with Crippen molar-refractivity contribution < 1.29 is 14.6 Å². The first-order chi connectivity index (χ1) is 7.54. The van der Waals surface area contributed by atoms with Crippen LogP contribution in [0.1, 0.15) is 13.8 Å². The van der Waals surface area contributed by atoms with E-state index in [4.69, 9.17) is 9.84 Å². The van der Waals surface area contributed by atoms with Gasteiger partial charge in [-0.15, -0.1) is 11.8 Å². The first kappa shape index (κ1) is 12.8. The number of carbonyl (C=O) groups is 1. The molecule has 1 aromatic rings. The lowest BCUT2D eigenvalue weighted by atomic mass is 10.1. The molecule has 4 nitrogen and oxygen atoms in total. The smallest absolute Gasteiger partial charge is 0.317 e. The highest BCUT2D eigenvalue weighted by Crippen LogP contribution is 2.29. The molecule has 0 saturated heterocycles. The Morgan fingerprint density at radius 2 is 2.25 bits per heavy atom. The van der Waals surface area contributed by atoms with Crippen molar-refractivity contribution in [3.05, 3.63) is 18.3 Å². The molecular formula is C11H15NO3S. The Kier molecular flexibility index (Phi) is 4.61. The first-order valence-corrected chi connectivity index (χ1v) is 5.82. The molecule has 0 spiro atoms. The third kappa shape index (κ3) is 3.41. The van der Waals surface area contributed by atoms with Gasteiger partial charge in [0.25, 0.3) is 0 Å². The first-order valence-electron chi connectivity index (χ1n) is 4.94. The molecule has 0 aliphatic rings. The fraction of sp³-hybridized carbons (Fsp3) is 0.455. The minimum atomic E-state index is -0.796. The van der Waals surface area contributed by atoms with Crippen LogP contribution in [-0.2, 0) is 4.79 Å². The number of thioether (sulfide) groups is 1. The van der Waals surface area contributed by atoms with Crippen molar-refractivity contribution in [2.75, 3.05) is 7.11 Å². The van der Waals surface area contributed by atoms with E-state index in [9.17, 15) is 4.79 Å². The maximum atomic E-state index is 11.0. The molecule has 0 fully saturated rings. The van der Waals surface area contributed by atoms with Gasteiger partial charge < -0.3 is 9.84 Å². The number of methoxy groups -OCH3 is 1. The van der Waals surface area contributed by atoms with Gasteiger partial charge in [-0.2, -0.15) is 0 Å². The normalized spacial score (nSPS) is 12.5. The second-order valence-electron chi connectivity index (χ2n) is 3.65. The van der Waals surface area contributed by atoms with Crippen LogP contribution < -0.4 is 4.74 Å². The zero-order valence-electron chi connectivity index (χ0n) is 9.51. The number of aliphatic carboxylic acids is 1. The number of aromatic nitrogens is 1. The molecule has 1 atom stereocenters. The highest BCUT2D eigenvalue weighted by molar-refractivity contribution is 8.00. The summed E-state index contributed by atoms with van der Waals surface area (Å²) in [7, 11) is 1.54. The fourth-order valence-corrected chi connectivity index (χ4v) is 2.17. The quantitative estimate of drug-likeness (QED) is 0.801. The number of hydrogen-bond donors (Lipinski definition) is 1. The molecule has 1 rings (SSSR count). The van der Waals surface area contributed by atoms with Gasteiger partial charge in [-0.3, -0.25) is 4.79 Å². The van der Waals surface area contributed by atoms with Gasteiger partial charge in [0.2, 0.25) is 5.88 Å². The maximum Gasteiger partial charge on any atom is 0.317 e. The van der Waals surface area contributed by atoms with Gasteiger partial charge >= 0.3 is 5.97 Å². The Morgan fingerprint density at radius 1 is 1.56 bits per heavy atom. The highest BCUT2D eigenvalue weighted by atomic mass is 32.2. The molecule has 1 N–H and O–H groups in total. The summed E-state index contributed by atoms with van der Waals surface area (Å²) in [5.74, 6) is -0.227. The Hall–Kier alpha value is -1.23. The molecule has 0 aromatic carbocycles. The summed E-state index contributed by atoms with van der Waals surface area (Å²) in [6.45, 7) is 3.79. The predicted octanol–water partition coefficient (Wildman–Crippen LogP) is 2.29. The molecule has 0 radical (unpaired) electrons. The maximum absolute atomic E-state index is 11.0. The van der Waals surface area contributed by atoms with Crippen LogP contribution in [0.5, 0.6) is 5.88 Å². The zero-order chi connectivity index (χ0) is 12.1. The largest absolute Gasteiger partial charge is 0.481 e. The van der Waals surface area contributed by atoms with E-state index in [-0.39, 0.29) is 5.92 Å². The number of carboxylic acid groups (broad SMARTS) is 1. The van der Waals surface area contributed by atoms with Gasteiger partial charge in [-0.25, -0.2) is 4.98 Å². The lowest BCUT2D eigenvalue weighted by Gasteiger charge is -2.15. The van der Waals surface area contributed by atoms with E-state index in [1.54, 1.807) is 18.3 Å². The fourth-order valence-electron chi connectivity index (χ4n) is 1.19. The average Bonchev–Trinajstić information content (AvgIpc) is 2.25. The molecular weight excluding hydrogens is 226 g/mol. The van der Waals surface area contributed by atoms with E-state index in [0.717, 1.165) is 4.90 Å². The Balaban J connectivity index is 2.81. The third-order valence-electron chi connectivity index (χ3n) is 2.03. The van der Waals surface area contributed by atoms with Gasteiger partial charge in [0.15, 0.2) is 0 Å². The molecule has 1 aromatic heterocycles. The summed E-state index contributed by atoms with van der Waals surface area (Å²) in [6.07, 6.45) is 1.61. The van der Waals surface area contributed by atoms with Crippen molar-refractivity contribution in [3.8, 4) is 5.88 Å². The molecule has 0 saturated carbocycles. The van der Waals surface area contributed by atoms with Crippen LogP contribution in [0.15, 0.2) is 23.2 Å². The van der Waals surface area contributed by atoms with Crippen LogP contribution in [-0.4, -0.2) is 28.4 Å². The average molecular weight is 241 g/mol. The molecule has 88 valence electrons. The second kappa shape index (κ2) is 5.75. The van der Waals surface area contributed by atoms with Crippen LogP contribution in [0.2, 0.25) is 0 Å². The van der Waals surface area contributed by atoms with Crippen molar-refractivity contribution in [2.45, 2.75) is 24.0 Å². The number of rotatable bonds is 5. The monoisotopic (exact) mass is 241 g/mol. The number of hydrogen-bond acceptors (Lipinski definition) is 4. The summed E-state index contributed by atoms with van der Waals surface area (Å²) in [6, 6.07) is 3.52. The summed E-state index contributed by atoms with van der Waals surface area (Å²) in [5.41, 5.74) is 0. The van der Waals surface area contributed by atoms with Gasteiger partial charge in [0, 0.05) is 17.2 Å². The van der Waals surface area contributed by atoms with Crippen LogP contribution in [0, 0.1) is 5.92 Å². The number of carboxylic acids is 1. The van der Waals surface area contributed by atoms with Gasteiger partial charge in [0.1, 0.15) is 5.25 Å². The van der Waals surface area contributed by atoms with Gasteiger partial charge in [-0.05, 0) is 12.0 Å². The SMILES string of the molecule is COc1cc(SC(C(=O)O)C(C)C)ccn1. The van der Waals surface area contributed by atoms with E-state index in [2.05, 4.69) is 4.98 Å². The van der Waals surface area contributed by atoms with Crippen LogP contribution in [0.4, 0.5) is 0 Å². The Labute approximate surface area is 99.0 Å². The molecule has 0 amide bonds. The van der Waals surface area contributed by atoms with Crippen molar-refractivity contribution in [1.82, 2.24) is 4.98 Å². The van der Waals surface area contributed by atoms with Crippen molar-refractivity contribution in [3.63, 3.8) is 0 Å². The zero-order valence-corrected chi connectivity index (χ0v) is 10.3. The van der Waals surface area contributed by atoms with Crippen molar-refractivity contribution in [1.29, 1.82) is 0 Å². The van der Waals surface area contributed by atoms with Crippen LogP contribution in [0.3, 0.4) is 0 Å². The number of nitrogens with zero attached hydrogens (tertiary/aromatic N) is 1. The Bertz CT molecular complexity index is 368. The Morgan fingerprint density at radius 3 is 2.75 bits per heavy atom. The predicted molar refractivity (Wildman–Crippen MR) is 62.9 cm³/mol. The lowest BCUT2D eigenvalue weighted by Crippen LogP contribution is -2.22. The molecule has 1 unspecified atom stereocenters. The summed E-state index contributed by atoms with van der Waals surface area (Å²) >= 11 is 1.31. The van der Waals surface area contributed by atoms with E-state index < -0.39 is 11.2 Å². The van der Waals surface area contributed by atoms with Gasteiger partial charge in [0.05, 0.1) is 7.11 Å². The van der Waals surface area contributed by atoms with Crippen LogP contribution >= 0.6 is 11.8 Å².